The fourth-order valence-electron chi connectivity index (χ4n) is 0.184. The van der Waals surface area contributed by atoms with E-state index in [1.54, 1.807) is 0 Å². The van der Waals surface area contributed by atoms with Gasteiger partial charge in [-0.1, -0.05) is 0 Å². The minimum absolute atomic E-state index is 0. The van der Waals surface area contributed by atoms with Crippen LogP contribution in [-0.4, -0.2) is 46.9 Å². The second-order valence-electron chi connectivity index (χ2n) is 1.25. The first-order valence-electron chi connectivity index (χ1n) is 1.75. The Morgan fingerprint density at radius 2 is 0.833 bits per heavy atom. The van der Waals surface area contributed by atoms with Crippen molar-refractivity contribution in [3.63, 3.8) is 0 Å². The van der Waals surface area contributed by atoms with Gasteiger partial charge in [-0.3, -0.25) is 0 Å². The van der Waals surface area contributed by atoms with Crippen LogP contribution in [0.3, 0.4) is 0 Å². The third kappa shape index (κ3) is 22.4. The summed E-state index contributed by atoms with van der Waals surface area (Å²) in [6.07, 6.45) is 0. The first-order valence-corrected chi connectivity index (χ1v) is 5.25. The van der Waals surface area contributed by atoms with Gasteiger partial charge in [0, 0.05) is 0 Å². The Hall–Kier alpha value is 0.788. The minimum Gasteiger partial charge on any atom is -2.00 e. The molecule has 9 nitrogen and oxygen atoms in total. The maximum absolute atomic E-state index is 7.94. The zero-order valence-electron chi connectivity index (χ0n) is 5.41. The van der Waals surface area contributed by atoms with Gasteiger partial charge in [0.15, 0.2) is 0 Å². The van der Waals surface area contributed by atoms with E-state index in [9.17, 15) is 0 Å². The Morgan fingerprint density at radius 3 is 0.833 bits per heavy atom. The van der Waals surface area contributed by atoms with Crippen molar-refractivity contribution in [1.29, 1.82) is 0 Å². The smallest absolute Gasteiger partial charge is 2.00 e. The SMILES string of the molecule is O[Si](O)(O)O[Si](O)(O)O.[O-2].[O-2].[Ti+4]. The van der Waals surface area contributed by atoms with Gasteiger partial charge in [-0.05, 0) is 0 Å². The van der Waals surface area contributed by atoms with Crippen molar-refractivity contribution in [3.05, 3.63) is 0 Å². The Bertz CT molecular complexity index is 77.7. The van der Waals surface area contributed by atoms with Crippen LogP contribution >= 0.6 is 0 Å². The van der Waals surface area contributed by atoms with Crippen LogP contribution in [0.25, 0.3) is 0 Å². The molecular weight excluding hydrogens is 248 g/mol. The summed E-state index contributed by atoms with van der Waals surface area (Å²) in [6, 6.07) is 0. The molecule has 0 aliphatic rings. The average molecular weight is 254 g/mol. The molecule has 0 bridgehead atoms. The van der Waals surface area contributed by atoms with E-state index in [0.717, 1.165) is 0 Å². The Kier molecular flexibility index (Phi) is 13.8. The number of hydrogen-bond donors (Lipinski definition) is 6. The molecule has 0 unspecified atom stereocenters. The molecule has 0 fully saturated rings. The zero-order chi connectivity index (χ0) is 7.71. The molecule has 0 radical (unpaired) electrons. The molecule has 0 aliphatic carbocycles. The summed E-state index contributed by atoms with van der Waals surface area (Å²) in [4.78, 5) is 47.6. The molecule has 0 saturated carbocycles. The summed E-state index contributed by atoms with van der Waals surface area (Å²) in [7, 11) is -9.96. The maximum Gasteiger partial charge on any atom is 4.00 e. The predicted molar refractivity (Wildman–Crippen MR) is 27.3 cm³/mol. The van der Waals surface area contributed by atoms with E-state index < -0.39 is 18.1 Å². The normalized spacial score (nSPS) is 10.5. The van der Waals surface area contributed by atoms with E-state index in [4.69, 9.17) is 28.8 Å². The number of hydrogen-bond acceptors (Lipinski definition) is 7. The van der Waals surface area contributed by atoms with Gasteiger partial charge in [-0.15, -0.1) is 0 Å². The molecular formula is H6O9Si2Ti. The van der Waals surface area contributed by atoms with Gasteiger partial charge in [0.25, 0.3) is 0 Å². The molecule has 0 aromatic rings. The molecule has 0 aliphatic heterocycles. The van der Waals surface area contributed by atoms with Gasteiger partial charge in [0.05, 0.1) is 0 Å². The molecule has 0 atom stereocenters. The molecule has 0 aromatic carbocycles. The van der Waals surface area contributed by atoms with Crippen LogP contribution in [0, 0.1) is 0 Å². The molecule has 0 heterocycles. The second kappa shape index (κ2) is 7.22. The summed E-state index contributed by atoms with van der Waals surface area (Å²) in [5, 5.41) is 0. The van der Waals surface area contributed by atoms with E-state index in [1.807, 2.05) is 0 Å². The van der Waals surface area contributed by atoms with Gasteiger partial charge in [-0.2, -0.15) is 0 Å². The summed E-state index contributed by atoms with van der Waals surface area (Å²) in [5.74, 6) is 0. The molecule has 72 valence electrons. The number of rotatable bonds is 2. The molecule has 12 heteroatoms. The molecule has 0 aromatic heterocycles. The fraction of sp³-hybridized carbons (Fsp3) is 0. The summed E-state index contributed by atoms with van der Waals surface area (Å²) in [5.41, 5.74) is 0. The van der Waals surface area contributed by atoms with E-state index in [-0.39, 0.29) is 32.7 Å². The molecule has 6 N–H and O–H groups in total. The van der Waals surface area contributed by atoms with Crippen LogP contribution in [0.1, 0.15) is 0 Å². The summed E-state index contributed by atoms with van der Waals surface area (Å²) < 4.78 is 3.24. The molecule has 0 saturated heterocycles. The van der Waals surface area contributed by atoms with Crippen LogP contribution < -0.4 is 0 Å². The first kappa shape index (κ1) is 23.0. The first-order chi connectivity index (χ1) is 3.71. The molecule has 0 amide bonds. The topological polar surface area (TPSA) is 188 Å². The Labute approximate surface area is 84.0 Å². The maximum atomic E-state index is 7.94. The average Bonchev–Trinajstić information content (AvgIpc) is 1.14. The van der Waals surface area contributed by atoms with Crippen LogP contribution in [0.2, 0.25) is 0 Å². The fourth-order valence-corrected chi connectivity index (χ4v) is 1.65. The van der Waals surface area contributed by atoms with Crippen molar-refractivity contribution < 1.29 is 65.6 Å². The molecule has 0 rings (SSSR count). The Balaban J connectivity index is -0.000000107. The van der Waals surface area contributed by atoms with Crippen molar-refractivity contribution in [2.24, 2.45) is 0 Å². The summed E-state index contributed by atoms with van der Waals surface area (Å²) in [6.45, 7) is 0. The van der Waals surface area contributed by atoms with E-state index in [1.165, 1.54) is 0 Å². The summed E-state index contributed by atoms with van der Waals surface area (Å²) >= 11 is 0. The largest absolute Gasteiger partial charge is 4.00 e. The van der Waals surface area contributed by atoms with Crippen LogP contribution in [0.5, 0.6) is 0 Å². The van der Waals surface area contributed by atoms with Crippen LogP contribution in [0.4, 0.5) is 0 Å². The van der Waals surface area contributed by atoms with Crippen molar-refractivity contribution in [2.75, 3.05) is 0 Å². The van der Waals surface area contributed by atoms with E-state index >= 15 is 0 Å². The van der Waals surface area contributed by atoms with Crippen molar-refractivity contribution in [3.8, 4) is 0 Å². The van der Waals surface area contributed by atoms with E-state index in [0.29, 0.717) is 0 Å². The molecule has 0 spiro atoms. The van der Waals surface area contributed by atoms with Gasteiger partial charge >= 0.3 is 39.8 Å². The van der Waals surface area contributed by atoms with Gasteiger partial charge in [0.1, 0.15) is 0 Å². The zero-order valence-corrected chi connectivity index (χ0v) is 8.97. The predicted octanol–water partition coefficient (Wildman–Crippen LogP) is -4.41. The third-order valence-electron chi connectivity index (χ3n) is 0.274. The minimum atomic E-state index is -4.98. The quantitative estimate of drug-likeness (QED) is 0.268. The van der Waals surface area contributed by atoms with Gasteiger partial charge in [-0.25, -0.2) is 0 Å². The van der Waals surface area contributed by atoms with Gasteiger partial charge < -0.3 is 43.8 Å². The Morgan fingerprint density at radius 1 is 0.667 bits per heavy atom. The van der Waals surface area contributed by atoms with E-state index in [2.05, 4.69) is 4.12 Å². The molecule has 12 heavy (non-hydrogen) atoms. The monoisotopic (exact) mass is 254 g/mol. The standard InChI is InChI=1S/H6O7Si2.2O.Ti/c1-8(2,3)7-9(4,5)6;;;/h1-6H;;;/q;2*-2;+4. The van der Waals surface area contributed by atoms with Crippen molar-refractivity contribution in [1.82, 2.24) is 0 Å². The van der Waals surface area contributed by atoms with Gasteiger partial charge in [0.2, 0.25) is 0 Å². The van der Waals surface area contributed by atoms with Crippen molar-refractivity contribution >= 4 is 18.1 Å². The van der Waals surface area contributed by atoms with Crippen LogP contribution in [-0.2, 0) is 36.8 Å². The van der Waals surface area contributed by atoms with Crippen LogP contribution in [0.15, 0.2) is 0 Å². The third-order valence-corrected chi connectivity index (χ3v) is 2.46. The van der Waals surface area contributed by atoms with Crippen molar-refractivity contribution in [2.45, 2.75) is 0 Å². The second-order valence-corrected chi connectivity index (χ2v) is 4.36.